The Kier molecular flexibility index (Phi) is 5.37. The van der Waals surface area contributed by atoms with Crippen molar-refractivity contribution in [1.82, 2.24) is 9.97 Å². The third kappa shape index (κ3) is 3.85. The van der Waals surface area contributed by atoms with Crippen molar-refractivity contribution in [3.8, 4) is 22.5 Å². The molecular weight excluding hydrogens is 440 g/mol. The van der Waals surface area contributed by atoms with Crippen molar-refractivity contribution >= 4 is 32.8 Å². The number of nitrogens with zero attached hydrogens (tertiary/aromatic N) is 2. The molecule has 3 aromatic heterocycles. The first-order valence-corrected chi connectivity index (χ1v) is 12.7. The molecule has 178 valence electrons. The summed E-state index contributed by atoms with van der Waals surface area (Å²) < 4.78 is 6.43. The molecule has 0 unspecified atom stereocenters. The van der Waals surface area contributed by atoms with Crippen molar-refractivity contribution in [2.75, 3.05) is 0 Å². The molecule has 3 aromatic carbocycles. The fraction of sp³-hybridized carbons (Fsp3) is 0.212. The summed E-state index contributed by atoms with van der Waals surface area (Å²) in [5.74, 6) is 0.561. The van der Waals surface area contributed by atoms with Gasteiger partial charge in [0.2, 0.25) is 5.71 Å². The fourth-order valence-electron chi connectivity index (χ4n) is 5.21. The number of pyridine rings is 2. The van der Waals surface area contributed by atoms with Crippen LogP contribution in [-0.2, 0) is 6.42 Å². The summed E-state index contributed by atoms with van der Waals surface area (Å²) in [5, 5.41) is 4.54. The molecule has 3 nitrogen and oxygen atoms in total. The molecule has 3 heteroatoms. The monoisotopic (exact) mass is 470 g/mol. The van der Waals surface area contributed by atoms with Crippen LogP contribution in [0.3, 0.4) is 0 Å². The van der Waals surface area contributed by atoms with Gasteiger partial charge in [-0.05, 0) is 80.0 Å². The molecule has 0 aliphatic rings. The Labute approximate surface area is 211 Å². The third-order valence-electron chi connectivity index (χ3n) is 6.92. The van der Waals surface area contributed by atoms with E-state index in [-0.39, 0.29) is 0 Å². The number of fused-ring (bicyclic) bond motifs is 4. The highest BCUT2D eigenvalue weighted by Crippen LogP contribution is 2.40. The van der Waals surface area contributed by atoms with Gasteiger partial charge < -0.3 is 4.42 Å². The second-order valence-corrected chi connectivity index (χ2v) is 10.4. The Morgan fingerprint density at radius 3 is 2.31 bits per heavy atom. The van der Waals surface area contributed by atoms with Crippen molar-refractivity contribution in [3.05, 3.63) is 95.2 Å². The zero-order chi connectivity index (χ0) is 25.0. The second kappa shape index (κ2) is 8.60. The van der Waals surface area contributed by atoms with Gasteiger partial charge in [-0.25, -0.2) is 9.97 Å². The van der Waals surface area contributed by atoms with E-state index in [2.05, 4.69) is 99.4 Å². The summed E-state index contributed by atoms with van der Waals surface area (Å²) in [6.45, 7) is 10.8. The Hall–Kier alpha value is -3.98. The lowest BCUT2D eigenvalue weighted by Gasteiger charge is -2.15. The van der Waals surface area contributed by atoms with Gasteiger partial charge in [-0.15, -0.1) is 0 Å². The number of aryl methyl sites for hydroxylation is 3. The smallest absolute Gasteiger partial charge is 0.227 e. The van der Waals surface area contributed by atoms with Crippen LogP contribution in [0.5, 0.6) is 0 Å². The Balaban J connectivity index is 1.71. The zero-order valence-electron chi connectivity index (χ0n) is 21.5. The molecule has 6 rings (SSSR count). The first kappa shape index (κ1) is 22.5. The topological polar surface area (TPSA) is 38.9 Å². The maximum atomic E-state index is 6.43. The molecule has 0 radical (unpaired) electrons. The summed E-state index contributed by atoms with van der Waals surface area (Å²) in [6.07, 6.45) is 1.02. The highest BCUT2D eigenvalue weighted by atomic mass is 16.3. The highest BCUT2D eigenvalue weighted by Gasteiger charge is 2.19. The van der Waals surface area contributed by atoms with Crippen LogP contribution in [0.25, 0.3) is 55.4 Å². The van der Waals surface area contributed by atoms with Crippen molar-refractivity contribution < 1.29 is 4.42 Å². The lowest BCUT2D eigenvalue weighted by Crippen LogP contribution is -1.98. The van der Waals surface area contributed by atoms with Crippen LogP contribution in [0.4, 0.5) is 0 Å². The predicted molar refractivity (Wildman–Crippen MR) is 150 cm³/mol. The molecule has 0 aliphatic heterocycles. The summed E-state index contributed by atoms with van der Waals surface area (Å²) in [5.41, 5.74) is 10.3. The maximum absolute atomic E-state index is 6.43. The molecule has 36 heavy (non-hydrogen) atoms. The molecule has 0 atom stereocenters. The highest BCUT2D eigenvalue weighted by molar-refractivity contribution is 6.11. The second-order valence-electron chi connectivity index (χ2n) is 10.4. The molecule has 0 amide bonds. The van der Waals surface area contributed by atoms with Crippen LogP contribution >= 0.6 is 0 Å². The van der Waals surface area contributed by atoms with Crippen molar-refractivity contribution in [3.63, 3.8) is 0 Å². The molecule has 3 heterocycles. The molecule has 0 bridgehead atoms. The van der Waals surface area contributed by atoms with Gasteiger partial charge in [0.05, 0.1) is 11.4 Å². The van der Waals surface area contributed by atoms with E-state index >= 15 is 0 Å². The Morgan fingerprint density at radius 1 is 0.722 bits per heavy atom. The molecule has 0 aliphatic carbocycles. The normalized spacial score (nSPS) is 11.8. The first-order chi connectivity index (χ1) is 17.4. The molecule has 0 N–H and O–H groups in total. The van der Waals surface area contributed by atoms with E-state index in [4.69, 9.17) is 9.40 Å². The largest absolute Gasteiger partial charge is 0.437 e. The van der Waals surface area contributed by atoms with Gasteiger partial charge in [0.1, 0.15) is 5.58 Å². The van der Waals surface area contributed by atoms with E-state index in [0.717, 1.165) is 56.4 Å². The van der Waals surface area contributed by atoms with Gasteiger partial charge >= 0.3 is 0 Å². The molecule has 0 saturated carbocycles. The van der Waals surface area contributed by atoms with E-state index in [1.807, 2.05) is 13.0 Å². The predicted octanol–water partition coefficient (Wildman–Crippen LogP) is 8.99. The molecule has 0 spiro atoms. The fourth-order valence-corrected chi connectivity index (χ4v) is 5.21. The van der Waals surface area contributed by atoms with Crippen molar-refractivity contribution in [2.24, 2.45) is 5.92 Å². The number of furan rings is 1. The average Bonchev–Trinajstić information content (AvgIpc) is 3.20. The van der Waals surface area contributed by atoms with E-state index in [1.54, 1.807) is 0 Å². The summed E-state index contributed by atoms with van der Waals surface area (Å²) in [4.78, 5) is 9.96. The van der Waals surface area contributed by atoms with Crippen LogP contribution < -0.4 is 0 Å². The minimum Gasteiger partial charge on any atom is -0.437 e. The zero-order valence-corrected chi connectivity index (χ0v) is 21.5. The molecule has 6 aromatic rings. The van der Waals surface area contributed by atoms with Crippen LogP contribution in [0.2, 0.25) is 0 Å². The van der Waals surface area contributed by atoms with E-state index in [9.17, 15) is 0 Å². The van der Waals surface area contributed by atoms with Crippen LogP contribution in [0.15, 0.2) is 77.2 Å². The van der Waals surface area contributed by atoms with Crippen molar-refractivity contribution in [2.45, 2.75) is 41.0 Å². The van der Waals surface area contributed by atoms with Gasteiger partial charge in [-0.1, -0.05) is 61.9 Å². The Morgan fingerprint density at radius 2 is 1.53 bits per heavy atom. The molecule has 0 fully saturated rings. The summed E-state index contributed by atoms with van der Waals surface area (Å²) in [7, 11) is 0. The van der Waals surface area contributed by atoms with E-state index < -0.39 is 0 Å². The minimum absolute atomic E-state index is 0.561. The van der Waals surface area contributed by atoms with Crippen molar-refractivity contribution in [1.29, 1.82) is 0 Å². The minimum atomic E-state index is 0.561. The van der Waals surface area contributed by atoms with Gasteiger partial charge in [-0.2, -0.15) is 0 Å². The summed E-state index contributed by atoms with van der Waals surface area (Å²) in [6, 6.07) is 26.1. The maximum Gasteiger partial charge on any atom is 0.227 e. The molecule has 0 saturated heterocycles. The average molecular weight is 471 g/mol. The lowest BCUT2D eigenvalue weighted by molar-refractivity contribution is 0.650. The standard InChI is InChI=1S/C33H30N2O/c1-19(2)15-24-7-6-8-25-27(24)18-30(23-12-9-20(3)10-13-23)35-31(25)29-17-21(4)16-28-26-14-11-22(5)34-33(26)36-32(28)29/h6-14,16-19H,15H2,1-5H3. The van der Waals surface area contributed by atoms with Gasteiger partial charge in [0.15, 0.2) is 0 Å². The lowest BCUT2D eigenvalue weighted by atomic mass is 9.92. The van der Waals surface area contributed by atoms with Crippen LogP contribution in [-0.4, -0.2) is 9.97 Å². The number of aromatic nitrogens is 2. The van der Waals surface area contributed by atoms with E-state index in [1.165, 1.54) is 22.1 Å². The number of hydrogen-bond donors (Lipinski definition) is 0. The quantitative estimate of drug-likeness (QED) is 0.258. The third-order valence-corrected chi connectivity index (χ3v) is 6.92. The van der Waals surface area contributed by atoms with Crippen LogP contribution in [0.1, 0.15) is 36.2 Å². The Bertz CT molecular complexity index is 1760. The van der Waals surface area contributed by atoms with Gasteiger partial charge in [0, 0.05) is 33.0 Å². The van der Waals surface area contributed by atoms with Gasteiger partial charge in [-0.3, -0.25) is 0 Å². The number of benzene rings is 3. The molecular formula is C33H30N2O. The SMILES string of the molecule is Cc1ccc(-c2cc3c(CC(C)C)cccc3c(-c3cc(C)cc4c3oc3nc(C)ccc34)n2)cc1. The van der Waals surface area contributed by atoms with E-state index in [0.29, 0.717) is 11.6 Å². The summed E-state index contributed by atoms with van der Waals surface area (Å²) >= 11 is 0. The number of rotatable bonds is 4. The van der Waals surface area contributed by atoms with Gasteiger partial charge in [0.25, 0.3) is 0 Å². The van der Waals surface area contributed by atoms with Crippen LogP contribution in [0, 0.1) is 26.7 Å². The number of hydrogen-bond acceptors (Lipinski definition) is 3. The first-order valence-electron chi connectivity index (χ1n) is 12.7.